The van der Waals surface area contributed by atoms with Gasteiger partial charge >= 0.3 is 0 Å². The lowest BCUT2D eigenvalue weighted by molar-refractivity contribution is 0.414. The summed E-state index contributed by atoms with van der Waals surface area (Å²) >= 11 is 0. The second-order valence-electron chi connectivity index (χ2n) is 7.46. The molecular weight excluding hydrogens is 414 g/mol. The molecule has 4 rings (SSSR count). The highest BCUT2D eigenvalue weighted by molar-refractivity contribution is 5.82. The van der Waals surface area contributed by atoms with Gasteiger partial charge in [-0.05, 0) is 48.5 Å². The van der Waals surface area contributed by atoms with E-state index in [0.717, 1.165) is 45.7 Å². The number of hydrogen-bond acceptors (Lipinski definition) is 4. The maximum Gasteiger partial charge on any atom is 0.148 e. The SMILES string of the molecule is COc1ccc([N+](c2ccc(OC)cc2)(c2ccc(OC)cc2)c2ccc(OC)cc2)cc1. The third-order valence-electron chi connectivity index (χ3n) is 5.84. The maximum absolute atomic E-state index is 5.43. The highest BCUT2D eigenvalue weighted by Gasteiger charge is 2.39. The molecule has 0 heterocycles. The summed E-state index contributed by atoms with van der Waals surface area (Å²) in [6, 6.07) is 32.6. The number of quaternary nitrogens is 1. The van der Waals surface area contributed by atoms with E-state index in [0.29, 0.717) is 4.48 Å². The van der Waals surface area contributed by atoms with E-state index in [1.54, 1.807) is 28.4 Å². The smallest absolute Gasteiger partial charge is 0.148 e. The third-order valence-corrected chi connectivity index (χ3v) is 5.84. The zero-order valence-corrected chi connectivity index (χ0v) is 19.3. The van der Waals surface area contributed by atoms with Gasteiger partial charge in [-0.3, -0.25) is 0 Å². The molecule has 0 aliphatic heterocycles. The summed E-state index contributed by atoms with van der Waals surface area (Å²) in [7, 11) is 6.70. The molecule has 4 aromatic carbocycles. The summed E-state index contributed by atoms with van der Waals surface area (Å²) in [5, 5.41) is 0. The molecule has 0 aliphatic rings. The van der Waals surface area contributed by atoms with Gasteiger partial charge in [-0.15, -0.1) is 0 Å². The predicted molar refractivity (Wildman–Crippen MR) is 133 cm³/mol. The van der Waals surface area contributed by atoms with E-state index in [-0.39, 0.29) is 0 Å². The Morgan fingerprint density at radius 1 is 0.333 bits per heavy atom. The largest absolute Gasteiger partial charge is 0.497 e. The second kappa shape index (κ2) is 9.67. The van der Waals surface area contributed by atoms with Crippen molar-refractivity contribution >= 4 is 22.7 Å². The first-order valence-corrected chi connectivity index (χ1v) is 10.6. The molecule has 0 aliphatic carbocycles. The van der Waals surface area contributed by atoms with E-state index < -0.39 is 0 Å². The molecule has 0 saturated carbocycles. The molecule has 5 nitrogen and oxygen atoms in total. The topological polar surface area (TPSA) is 36.9 Å². The summed E-state index contributed by atoms with van der Waals surface area (Å²) in [5.74, 6) is 3.21. The average molecular weight is 443 g/mol. The Morgan fingerprint density at radius 2 is 0.515 bits per heavy atom. The van der Waals surface area contributed by atoms with Crippen LogP contribution in [0.3, 0.4) is 0 Å². The quantitative estimate of drug-likeness (QED) is 0.275. The van der Waals surface area contributed by atoms with Gasteiger partial charge < -0.3 is 18.9 Å². The van der Waals surface area contributed by atoms with Crippen LogP contribution in [0.4, 0.5) is 22.7 Å². The van der Waals surface area contributed by atoms with E-state index in [1.165, 1.54) is 0 Å². The summed E-state index contributed by atoms with van der Waals surface area (Å²) in [4.78, 5) is 0. The van der Waals surface area contributed by atoms with Gasteiger partial charge in [0.1, 0.15) is 45.7 Å². The first-order chi connectivity index (χ1) is 16.1. The van der Waals surface area contributed by atoms with Crippen LogP contribution in [0.2, 0.25) is 0 Å². The molecule has 0 amide bonds. The van der Waals surface area contributed by atoms with Gasteiger partial charge in [-0.2, -0.15) is 4.48 Å². The van der Waals surface area contributed by atoms with Crippen molar-refractivity contribution in [1.82, 2.24) is 4.48 Å². The molecule has 0 atom stereocenters. The highest BCUT2D eigenvalue weighted by Crippen LogP contribution is 2.52. The van der Waals surface area contributed by atoms with Crippen molar-refractivity contribution < 1.29 is 18.9 Å². The number of rotatable bonds is 8. The predicted octanol–water partition coefficient (Wildman–Crippen LogP) is 7.02. The Hall–Kier alpha value is -3.96. The first-order valence-electron chi connectivity index (χ1n) is 10.6. The van der Waals surface area contributed by atoms with Gasteiger partial charge in [-0.1, -0.05) is 0 Å². The molecule has 4 aromatic rings. The van der Waals surface area contributed by atoms with Crippen LogP contribution in [-0.4, -0.2) is 28.4 Å². The van der Waals surface area contributed by atoms with Crippen LogP contribution in [0.1, 0.15) is 0 Å². The molecule has 168 valence electrons. The summed E-state index contributed by atoms with van der Waals surface area (Å²) < 4.78 is 22.1. The zero-order chi connectivity index (χ0) is 23.3. The van der Waals surface area contributed by atoms with Gasteiger partial charge in [0.25, 0.3) is 0 Å². The van der Waals surface area contributed by atoms with Crippen molar-refractivity contribution in [3.63, 3.8) is 0 Å². The van der Waals surface area contributed by atoms with E-state index >= 15 is 0 Å². The average Bonchev–Trinajstić information content (AvgIpc) is 2.90. The Bertz CT molecular complexity index is 973. The molecule has 0 aromatic heterocycles. The minimum atomic E-state index is 0.349. The summed E-state index contributed by atoms with van der Waals surface area (Å²) in [5.41, 5.74) is 4.21. The number of benzene rings is 4. The molecule has 0 bridgehead atoms. The maximum atomic E-state index is 5.43. The summed E-state index contributed by atoms with van der Waals surface area (Å²) in [6.45, 7) is 0. The Labute approximate surface area is 194 Å². The van der Waals surface area contributed by atoms with Crippen molar-refractivity contribution in [2.75, 3.05) is 28.4 Å². The third kappa shape index (κ3) is 4.11. The molecule has 0 fully saturated rings. The molecule has 0 unspecified atom stereocenters. The molecule has 0 spiro atoms. The van der Waals surface area contributed by atoms with Crippen LogP contribution in [0, 0.1) is 0 Å². The van der Waals surface area contributed by atoms with Crippen molar-refractivity contribution in [3.8, 4) is 23.0 Å². The first kappa shape index (κ1) is 22.2. The lowest BCUT2D eigenvalue weighted by Crippen LogP contribution is -2.33. The molecule has 0 N–H and O–H groups in total. The molecule has 0 saturated heterocycles. The molecule has 33 heavy (non-hydrogen) atoms. The lowest BCUT2D eigenvalue weighted by atomic mass is 10.1. The lowest BCUT2D eigenvalue weighted by Gasteiger charge is -2.37. The number of ether oxygens (including phenoxy) is 4. The van der Waals surface area contributed by atoms with Crippen molar-refractivity contribution in [1.29, 1.82) is 0 Å². The minimum absolute atomic E-state index is 0.349. The van der Waals surface area contributed by atoms with Crippen LogP contribution in [-0.2, 0) is 0 Å². The van der Waals surface area contributed by atoms with E-state index in [2.05, 4.69) is 48.5 Å². The fraction of sp³-hybridized carbons (Fsp3) is 0.143. The standard InChI is InChI=1S/C28H28NO4/c1-30-25-13-5-21(6-14-25)29(22-7-15-26(31-2)16-8-22,23-9-17-27(32-3)18-10-23)24-11-19-28(33-4)20-12-24/h5-20H,1-4H3/q+1. The van der Waals surface area contributed by atoms with E-state index in [1.807, 2.05) is 48.5 Å². The molecule has 5 heteroatoms. The van der Waals surface area contributed by atoms with Crippen LogP contribution in [0.15, 0.2) is 97.1 Å². The summed E-state index contributed by atoms with van der Waals surface area (Å²) in [6.07, 6.45) is 0. The minimum Gasteiger partial charge on any atom is -0.497 e. The highest BCUT2D eigenvalue weighted by atomic mass is 16.5. The van der Waals surface area contributed by atoms with Gasteiger partial charge in [0, 0.05) is 48.5 Å². The van der Waals surface area contributed by atoms with Crippen molar-refractivity contribution in [3.05, 3.63) is 97.1 Å². The fourth-order valence-corrected chi connectivity index (χ4v) is 4.12. The van der Waals surface area contributed by atoms with Gasteiger partial charge in [0.2, 0.25) is 0 Å². The van der Waals surface area contributed by atoms with E-state index in [4.69, 9.17) is 18.9 Å². The Kier molecular flexibility index (Phi) is 6.52. The molecule has 0 radical (unpaired) electrons. The van der Waals surface area contributed by atoms with Crippen LogP contribution < -0.4 is 23.4 Å². The Morgan fingerprint density at radius 3 is 0.667 bits per heavy atom. The van der Waals surface area contributed by atoms with Gasteiger partial charge in [0.15, 0.2) is 0 Å². The monoisotopic (exact) mass is 442 g/mol. The number of nitrogens with zero attached hydrogens (tertiary/aromatic N) is 1. The normalized spacial score (nSPS) is 11.0. The number of methoxy groups -OCH3 is 4. The molecular formula is C28H28NO4+. The van der Waals surface area contributed by atoms with Crippen molar-refractivity contribution in [2.45, 2.75) is 0 Å². The van der Waals surface area contributed by atoms with Gasteiger partial charge in [-0.25, -0.2) is 0 Å². The van der Waals surface area contributed by atoms with Crippen LogP contribution >= 0.6 is 0 Å². The number of hydrogen-bond donors (Lipinski definition) is 0. The van der Waals surface area contributed by atoms with Crippen molar-refractivity contribution in [2.24, 2.45) is 0 Å². The van der Waals surface area contributed by atoms with Crippen LogP contribution in [0.5, 0.6) is 23.0 Å². The van der Waals surface area contributed by atoms with Gasteiger partial charge in [0.05, 0.1) is 28.4 Å². The van der Waals surface area contributed by atoms with Crippen LogP contribution in [0.25, 0.3) is 0 Å². The second-order valence-corrected chi connectivity index (χ2v) is 7.46. The zero-order valence-electron chi connectivity index (χ0n) is 19.3. The fourth-order valence-electron chi connectivity index (χ4n) is 4.12. The van der Waals surface area contributed by atoms with E-state index in [9.17, 15) is 0 Å². The Balaban J connectivity index is 2.05.